The first-order chi connectivity index (χ1) is 13.1. The van der Waals surface area contributed by atoms with E-state index in [0.29, 0.717) is 28.2 Å². The van der Waals surface area contributed by atoms with Crippen molar-refractivity contribution in [2.45, 2.75) is 6.92 Å². The van der Waals surface area contributed by atoms with Gasteiger partial charge in [0.05, 0.1) is 11.1 Å². The van der Waals surface area contributed by atoms with Crippen molar-refractivity contribution in [3.63, 3.8) is 0 Å². The fraction of sp³-hybridized carbons (Fsp3) is 0.0455. The number of carbonyl (C=O) groups is 2. The van der Waals surface area contributed by atoms with Crippen LogP contribution < -0.4 is 9.47 Å². The van der Waals surface area contributed by atoms with Crippen molar-refractivity contribution in [2.75, 3.05) is 0 Å². The van der Waals surface area contributed by atoms with Gasteiger partial charge in [-0.15, -0.1) is 0 Å². The number of aromatic nitrogens is 1. The quantitative estimate of drug-likeness (QED) is 0.399. The Morgan fingerprint density at radius 1 is 1.07 bits per heavy atom. The minimum atomic E-state index is -0.466. The standard InChI is InChI=1S/C22H15NO4/c1-14-11-17(26-22(25)16-5-3-2-4-6-16)13-18-20(14)21(24)19(27-18)12-15-7-9-23-10-8-15/h2-13H,1H3/b19-12-. The molecule has 5 nitrogen and oxygen atoms in total. The number of pyridine rings is 1. The van der Waals surface area contributed by atoms with Crippen LogP contribution in [0.5, 0.6) is 11.5 Å². The highest BCUT2D eigenvalue weighted by Crippen LogP contribution is 2.37. The molecule has 0 radical (unpaired) electrons. The van der Waals surface area contributed by atoms with Gasteiger partial charge in [0.15, 0.2) is 5.76 Å². The van der Waals surface area contributed by atoms with Crippen LogP contribution in [-0.4, -0.2) is 16.7 Å². The molecule has 5 heteroatoms. The number of Topliss-reactive ketones (excluding diaryl/α,β-unsaturated/α-hetero) is 1. The Kier molecular flexibility index (Phi) is 4.26. The molecule has 1 aromatic heterocycles. The van der Waals surface area contributed by atoms with E-state index >= 15 is 0 Å². The zero-order chi connectivity index (χ0) is 18.8. The summed E-state index contributed by atoms with van der Waals surface area (Å²) in [6, 6.07) is 15.5. The summed E-state index contributed by atoms with van der Waals surface area (Å²) in [7, 11) is 0. The van der Waals surface area contributed by atoms with Gasteiger partial charge in [-0.05, 0) is 54.5 Å². The first-order valence-electron chi connectivity index (χ1n) is 8.38. The molecule has 0 amide bonds. The molecule has 0 saturated carbocycles. The molecule has 0 spiro atoms. The predicted octanol–water partition coefficient (Wildman–Crippen LogP) is 4.23. The van der Waals surface area contributed by atoms with Gasteiger partial charge in [0.25, 0.3) is 0 Å². The number of hydrogen-bond donors (Lipinski definition) is 0. The van der Waals surface area contributed by atoms with Crippen LogP contribution in [0.1, 0.15) is 31.8 Å². The Morgan fingerprint density at radius 3 is 2.56 bits per heavy atom. The monoisotopic (exact) mass is 357 g/mol. The lowest BCUT2D eigenvalue weighted by Gasteiger charge is -2.07. The average Bonchev–Trinajstić information content (AvgIpc) is 2.99. The van der Waals surface area contributed by atoms with E-state index in [1.165, 1.54) is 0 Å². The maximum Gasteiger partial charge on any atom is 0.343 e. The number of nitrogens with zero attached hydrogens (tertiary/aromatic N) is 1. The summed E-state index contributed by atoms with van der Waals surface area (Å²) in [5.41, 5.74) is 2.43. The van der Waals surface area contributed by atoms with Crippen LogP contribution in [-0.2, 0) is 0 Å². The molecule has 4 rings (SSSR count). The van der Waals surface area contributed by atoms with Gasteiger partial charge in [-0.3, -0.25) is 9.78 Å². The summed E-state index contributed by atoms with van der Waals surface area (Å²) < 4.78 is 11.2. The maximum atomic E-state index is 12.7. The van der Waals surface area contributed by atoms with E-state index < -0.39 is 5.97 Å². The first-order valence-corrected chi connectivity index (χ1v) is 8.38. The molecule has 2 heterocycles. The van der Waals surface area contributed by atoms with E-state index in [0.717, 1.165) is 5.56 Å². The molecule has 132 valence electrons. The van der Waals surface area contributed by atoms with Crippen LogP contribution in [0.3, 0.4) is 0 Å². The van der Waals surface area contributed by atoms with Gasteiger partial charge in [0.1, 0.15) is 11.5 Å². The van der Waals surface area contributed by atoms with Crippen molar-refractivity contribution >= 4 is 17.8 Å². The topological polar surface area (TPSA) is 65.5 Å². The highest BCUT2D eigenvalue weighted by molar-refractivity contribution is 6.15. The predicted molar refractivity (Wildman–Crippen MR) is 99.8 cm³/mol. The van der Waals surface area contributed by atoms with Gasteiger partial charge < -0.3 is 9.47 Å². The second-order valence-electron chi connectivity index (χ2n) is 6.09. The van der Waals surface area contributed by atoms with Crippen LogP contribution in [0.2, 0.25) is 0 Å². The third-order valence-electron chi connectivity index (χ3n) is 4.17. The lowest BCUT2D eigenvalue weighted by molar-refractivity contribution is 0.0734. The minimum Gasteiger partial charge on any atom is -0.452 e. The summed E-state index contributed by atoms with van der Waals surface area (Å²) in [5.74, 6) is 0.284. The molecular formula is C22H15NO4. The van der Waals surface area contributed by atoms with E-state index in [2.05, 4.69) is 4.98 Å². The van der Waals surface area contributed by atoms with E-state index in [4.69, 9.17) is 9.47 Å². The zero-order valence-corrected chi connectivity index (χ0v) is 14.5. The molecule has 3 aromatic rings. The third-order valence-corrected chi connectivity index (χ3v) is 4.17. The van der Waals surface area contributed by atoms with Crippen molar-refractivity contribution < 1.29 is 19.1 Å². The molecule has 0 N–H and O–H groups in total. The lowest BCUT2D eigenvalue weighted by atomic mass is 10.0. The second kappa shape index (κ2) is 6.88. The fourth-order valence-electron chi connectivity index (χ4n) is 2.89. The van der Waals surface area contributed by atoms with Gasteiger partial charge in [0.2, 0.25) is 5.78 Å². The molecule has 0 unspecified atom stereocenters. The van der Waals surface area contributed by atoms with Crippen molar-refractivity contribution in [3.8, 4) is 11.5 Å². The Hall–Kier alpha value is -3.73. The molecule has 1 aliphatic rings. The van der Waals surface area contributed by atoms with E-state index in [1.54, 1.807) is 73.9 Å². The fourth-order valence-corrected chi connectivity index (χ4v) is 2.89. The number of esters is 1. The van der Waals surface area contributed by atoms with Gasteiger partial charge in [-0.2, -0.15) is 0 Å². The Balaban J connectivity index is 1.62. The van der Waals surface area contributed by atoms with E-state index in [9.17, 15) is 9.59 Å². The van der Waals surface area contributed by atoms with Crippen molar-refractivity contribution in [3.05, 3.63) is 95.0 Å². The van der Waals surface area contributed by atoms with E-state index in [-0.39, 0.29) is 11.5 Å². The van der Waals surface area contributed by atoms with Crippen LogP contribution >= 0.6 is 0 Å². The summed E-state index contributed by atoms with van der Waals surface area (Å²) >= 11 is 0. The van der Waals surface area contributed by atoms with Crippen molar-refractivity contribution in [1.29, 1.82) is 0 Å². The SMILES string of the molecule is Cc1cc(OC(=O)c2ccccc2)cc2c1C(=O)/C(=C/c1ccncc1)O2. The zero-order valence-electron chi connectivity index (χ0n) is 14.5. The van der Waals surface area contributed by atoms with Gasteiger partial charge in [0, 0.05) is 18.5 Å². The minimum absolute atomic E-state index is 0.194. The molecule has 0 aliphatic carbocycles. The average molecular weight is 357 g/mol. The third kappa shape index (κ3) is 3.35. The highest BCUT2D eigenvalue weighted by atomic mass is 16.5. The first kappa shape index (κ1) is 16.7. The molecule has 2 aromatic carbocycles. The largest absolute Gasteiger partial charge is 0.452 e. The summed E-state index contributed by atoms with van der Waals surface area (Å²) in [6.45, 7) is 1.79. The van der Waals surface area contributed by atoms with Crippen LogP contribution in [0.25, 0.3) is 6.08 Å². The molecule has 0 atom stereocenters. The molecule has 27 heavy (non-hydrogen) atoms. The lowest BCUT2D eigenvalue weighted by Crippen LogP contribution is -2.08. The normalized spacial score (nSPS) is 14.0. The highest BCUT2D eigenvalue weighted by Gasteiger charge is 2.30. The van der Waals surface area contributed by atoms with Gasteiger partial charge in [-0.1, -0.05) is 18.2 Å². The van der Waals surface area contributed by atoms with Gasteiger partial charge in [-0.25, -0.2) is 4.79 Å². The second-order valence-corrected chi connectivity index (χ2v) is 6.09. The summed E-state index contributed by atoms with van der Waals surface area (Å²) in [6.07, 6.45) is 4.95. The van der Waals surface area contributed by atoms with Crippen LogP contribution in [0.15, 0.2) is 72.8 Å². The number of hydrogen-bond acceptors (Lipinski definition) is 5. The molecular weight excluding hydrogens is 342 g/mol. The maximum absolute atomic E-state index is 12.7. The Morgan fingerprint density at radius 2 is 1.81 bits per heavy atom. The number of carbonyl (C=O) groups excluding carboxylic acids is 2. The number of aryl methyl sites for hydroxylation is 1. The number of benzene rings is 2. The smallest absolute Gasteiger partial charge is 0.343 e. The number of rotatable bonds is 3. The molecule has 0 fully saturated rings. The van der Waals surface area contributed by atoms with Crippen molar-refractivity contribution in [2.24, 2.45) is 0 Å². The Labute approximate surface area is 155 Å². The number of fused-ring (bicyclic) bond motifs is 1. The number of ether oxygens (including phenoxy) is 2. The Bertz CT molecular complexity index is 1060. The molecule has 0 saturated heterocycles. The van der Waals surface area contributed by atoms with Crippen LogP contribution in [0.4, 0.5) is 0 Å². The number of allylic oxidation sites excluding steroid dienone is 1. The van der Waals surface area contributed by atoms with Crippen molar-refractivity contribution in [1.82, 2.24) is 4.98 Å². The molecule has 0 bridgehead atoms. The van der Waals surface area contributed by atoms with Crippen LogP contribution in [0, 0.1) is 6.92 Å². The summed E-state index contributed by atoms with van der Waals surface area (Å²) in [4.78, 5) is 28.9. The summed E-state index contributed by atoms with van der Waals surface area (Å²) in [5, 5.41) is 0. The molecule has 1 aliphatic heterocycles. The van der Waals surface area contributed by atoms with E-state index in [1.807, 2.05) is 6.07 Å². The number of ketones is 1. The van der Waals surface area contributed by atoms with Gasteiger partial charge >= 0.3 is 5.97 Å².